The van der Waals surface area contributed by atoms with Crippen LogP contribution in [0, 0.1) is 0 Å². The highest BCUT2D eigenvalue weighted by Gasteiger charge is 2.24. The lowest BCUT2D eigenvalue weighted by molar-refractivity contribution is 0.0331. The molecule has 0 aliphatic heterocycles. The van der Waals surface area contributed by atoms with Gasteiger partial charge in [-0.05, 0) is 42.7 Å². The Bertz CT molecular complexity index is 626. The molecule has 2 aromatic carbocycles. The summed E-state index contributed by atoms with van der Waals surface area (Å²) in [6.45, 7) is 0.542. The normalized spacial score (nSPS) is 17.8. The van der Waals surface area contributed by atoms with Gasteiger partial charge in [-0.25, -0.2) is 0 Å². The molecule has 3 nitrogen and oxygen atoms in total. The Labute approximate surface area is 158 Å². The second-order valence-corrected chi connectivity index (χ2v) is 7.63. The van der Waals surface area contributed by atoms with Crippen LogP contribution in [0.2, 0.25) is 0 Å². The first-order valence-corrected chi connectivity index (χ1v) is 9.90. The fourth-order valence-electron chi connectivity index (χ4n) is 3.37. The van der Waals surface area contributed by atoms with E-state index in [1.54, 1.807) is 0 Å². The molecule has 0 radical (unpaired) electrons. The summed E-state index contributed by atoms with van der Waals surface area (Å²) in [7, 11) is 0. The highest BCUT2D eigenvalue weighted by molar-refractivity contribution is 9.10. The Kier molecular flexibility index (Phi) is 6.91. The summed E-state index contributed by atoms with van der Waals surface area (Å²) in [5.74, 6) is 0.758. The Morgan fingerprint density at radius 2 is 1.68 bits per heavy atom. The summed E-state index contributed by atoms with van der Waals surface area (Å²) in [5, 5.41) is 14.3. The van der Waals surface area contributed by atoms with E-state index >= 15 is 0 Å². The number of rotatable bonds is 7. The highest BCUT2D eigenvalue weighted by atomic mass is 79.9. The summed E-state index contributed by atoms with van der Waals surface area (Å²) >= 11 is 3.44. The van der Waals surface area contributed by atoms with Gasteiger partial charge in [0.25, 0.3) is 0 Å². The van der Waals surface area contributed by atoms with E-state index in [9.17, 15) is 5.11 Å². The third-order valence-electron chi connectivity index (χ3n) is 4.78. The van der Waals surface area contributed by atoms with E-state index in [4.69, 9.17) is 4.74 Å². The smallest absolute Gasteiger partial charge is 0.151 e. The number of ether oxygens (including phenoxy) is 1. The average molecular weight is 404 g/mol. The van der Waals surface area contributed by atoms with Crippen molar-refractivity contribution in [2.45, 2.75) is 50.4 Å². The molecule has 1 aliphatic carbocycles. The first-order valence-electron chi connectivity index (χ1n) is 9.11. The van der Waals surface area contributed by atoms with Gasteiger partial charge in [-0.15, -0.1) is 0 Å². The monoisotopic (exact) mass is 403 g/mol. The summed E-state index contributed by atoms with van der Waals surface area (Å²) < 4.78 is 7.16. The molecule has 2 atom stereocenters. The molecule has 0 bridgehead atoms. The molecule has 0 saturated heterocycles. The Morgan fingerprint density at radius 1 is 1.00 bits per heavy atom. The molecule has 134 valence electrons. The van der Waals surface area contributed by atoms with Gasteiger partial charge < -0.3 is 15.2 Å². The van der Waals surface area contributed by atoms with Gasteiger partial charge in [0, 0.05) is 17.1 Å². The second-order valence-electron chi connectivity index (χ2n) is 6.71. The van der Waals surface area contributed by atoms with Crippen molar-refractivity contribution in [2.75, 3.05) is 6.54 Å². The number of nitrogens with one attached hydrogen (secondary N) is 1. The second kappa shape index (κ2) is 9.37. The molecule has 0 spiro atoms. The van der Waals surface area contributed by atoms with E-state index in [1.165, 1.54) is 32.1 Å². The van der Waals surface area contributed by atoms with Crippen LogP contribution in [0.5, 0.6) is 5.75 Å². The van der Waals surface area contributed by atoms with Crippen molar-refractivity contribution in [3.8, 4) is 5.75 Å². The molecule has 25 heavy (non-hydrogen) atoms. The molecule has 0 heterocycles. The lowest BCUT2D eigenvalue weighted by atomic mass is 9.95. The maximum Gasteiger partial charge on any atom is 0.151 e. The van der Waals surface area contributed by atoms with E-state index in [-0.39, 0.29) is 0 Å². The van der Waals surface area contributed by atoms with Gasteiger partial charge in [0.15, 0.2) is 6.10 Å². The van der Waals surface area contributed by atoms with Crippen molar-refractivity contribution in [1.29, 1.82) is 0 Å². The first kappa shape index (κ1) is 18.4. The van der Waals surface area contributed by atoms with Gasteiger partial charge in [0.1, 0.15) is 11.9 Å². The van der Waals surface area contributed by atoms with Crippen molar-refractivity contribution in [3.05, 3.63) is 64.6 Å². The standard InChI is InChI=1S/C21H26BrNO2/c22-17-11-13-19(14-12-17)25-21(16-7-3-1-4-8-16)20(24)15-23-18-9-5-2-6-10-18/h1,3-4,7-8,11-14,18,20-21,23-24H,2,5-6,9-10,15H2/t20-,21+/m1/s1. The minimum atomic E-state index is -0.604. The summed E-state index contributed by atoms with van der Waals surface area (Å²) in [6, 6.07) is 18.2. The molecule has 1 aliphatic rings. The first-order chi connectivity index (χ1) is 12.2. The van der Waals surface area contributed by atoms with Gasteiger partial charge in [-0.1, -0.05) is 65.5 Å². The Hall–Kier alpha value is -1.36. The third-order valence-corrected chi connectivity index (χ3v) is 5.30. The quantitative estimate of drug-likeness (QED) is 0.693. The fourth-order valence-corrected chi connectivity index (χ4v) is 3.64. The molecule has 0 unspecified atom stereocenters. The number of halogens is 1. The fraction of sp³-hybridized carbons (Fsp3) is 0.429. The number of benzene rings is 2. The van der Waals surface area contributed by atoms with E-state index in [2.05, 4.69) is 21.2 Å². The van der Waals surface area contributed by atoms with Gasteiger partial charge in [-0.2, -0.15) is 0 Å². The van der Waals surface area contributed by atoms with E-state index < -0.39 is 12.2 Å². The summed E-state index contributed by atoms with van der Waals surface area (Å²) in [5.41, 5.74) is 0.989. The van der Waals surface area contributed by atoms with Crippen molar-refractivity contribution < 1.29 is 9.84 Å². The summed E-state index contributed by atoms with van der Waals surface area (Å²) in [4.78, 5) is 0. The van der Waals surface area contributed by atoms with Crippen molar-refractivity contribution >= 4 is 15.9 Å². The van der Waals surface area contributed by atoms with E-state index in [0.29, 0.717) is 12.6 Å². The number of aliphatic hydroxyl groups is 1. The molecule has 2 N–H and O–H groups in total. The van der Waals surface area contributed by atoms with Gasteiger partial charge in [-0.3, -0.25) is 0 Å². The van der Waals surface area contributed by atoms with Crippen LogP contribution >= 0.6 is 15.9 Å². The molecule has 0 amide bonds. The summed E-state index contributed by atoms with van der Waals surface area (Å²) in [6.07, 6.45) is 5.31. The maximum absolute atomic E-state index is 10.8. The lowest BCUT2D eigenvalue weighted by Crippen LogP contribution is -2.40. The van der Waals surface area contributed by atoms with Crippen LogP contribution in [0.15, 0.2) is 59.1 Å². The maximum atomic E-state index is 10.8. The van der Waals surface area contributed by atoms with Crippen LogP contribution in [-0.4, -0.2) is 23.8 Å². The van der Waals surface area contributed by atoms with E-state index in [1.807, 2.05) is 54.6 Å². The van der Waals surface area contributed by atoms with Crippen molar-refractivity contribution in [1.82, 2.24) is 5.32 Å². The molecular formula is C21H26BrNO2. The van der Waals surface area contributed by atoms with Crippen LogP contribution in [0.1, 0.15) is 43.8 Å². The van der Waals surface area contributed by atoms with Crippen LogP contribution in [0.25, 0.3) is 0 Å². The zero-order valence-electron chi connectivity index (χ0n) is 14.4. The molecule has 4 heteroatoms. The predicted molar refractivity (Wildman–Crippen MR) is 105 cm³/mol. The van der Waals surface area contributed by atoms with Crippen LogP contribution in [0.4, 0.5) is 0 Å². The molecule has 2 aromatic rings. The molecule has 1 fully saturated rings. The van der Waals surface area contributed by atoms with Gasteiger partial charge >= 0.3 is 0 Å². The van der Waals surface area contributed by atoms with Crippen LogP contribution in [0.3, 0.4) is 0 Å². The third kappa shape index (κ3) is 5.56. The van der Waals surface area contributed by atoms with Crippen molar-refractivity contribution in [2.24, 2.45) is 0 Å². The molecule has 1 saturated carbocycles. The number of hydrogen-bond acceptors (Lipinski definition) is 3. The topological polar surface area (TPSA) is 41.5 Å². The SMILES string of the molecule is O[C@H](CNC1CCCCC1)[C@@H](Oc1ccc(Br)cc1)c1ccccc1. The number of aliphatic hydroxyl groups excluding tert-OH is 1. The van der Waals surface area contributed by atoms with Crippen LogP contribution in [-0.2, 0) is 0 Å². The lowest BCUT2D eigenvalue weighted by Gasteiger charge is -2.28. The van der Waals surface area contributed by atoms with Gasteiger partial charge in [0.2, 0.25) is 0 Å². The Balaban J connectivity index is 1.67. The zero-order valence-corrected chi connectivity index (χ0v) is 16.0. The average Bonchev–Trinajstić information content (AvgIpc) is 2.67. The minimum absolute atomic E-state index is 0.390. The van der Waals surface area contributed by atoms with Gasteiger partial charge in [0.05, 0.1) is 0 Å². The molecule has 0 aromatic heterocycles. The Morgan fingerprint density at radius 3 is 2.36 bits per heavy atom. The van der Waals surface area contributed by atoms with E-state index in [0.717, 1.165) is 15.8 Å². The molecular weight excluding hydrogens is 378 g/mol. The molecule has 3 rings (SSSR count). The van der Waals surface area contributed by atoms with Crippen LogP contribution < -0.4 is 10.1 Å². The predicted octanol–water partition coefficient (Wildman–Crippen LogP) is 4.85. The zero-order chi connectivity index (χ0) is 17.5. The number of hydrogen-bond donors (Lipinski definition) is 2. The van der Waals surface area contributed by atoms with Crippen molar-refractivity contribution in [3.63, 3.8) is 0 Å². The highest BCUT2D eigenvalue weighted by Crippen LogP contribution is 2.26. The minimum Gasteiger partial charge on any atom is -0.483 e. The largest absolute Gasteiger partial charge is 0.483 e.